The minimum absolute atomic E-state index is 0.0251. The van der Waals surface area contributed by atoms with E-state index in [0.717, 1.165) is 9.99 Å². The summed E-state index contributed by atoms with van der Waals surface area (Å²) in [6.45, 7) is 4.26. The third kappa shape index (κ3) is 6.72. The highest BCUT2D eigenvalue weighted by Gasteiger charge is 2.32. The summed E-state index contributed by atoms with van der Waals surface area (Å²) in [5.41, 5.74) is -0.734. The number of hydrogen-bond acceptors (Lipinski definition) is 4. The molecule has 0 amide bonds. The van der Waals surface area contributed by atoms with Crippen LogP contribution in [0.1, 0.15) is 32.8 Å². The van der Waals surface area contributed by atoms with E-state index in [1.807, 2.05) is 0 Å². The molecule has 1 aromatic rings. The minimum atomic E-state index is -3.94. The molecule has 5 nitrogen and oxygen atoms in total. The van der Waals surface area contributed by atoms with Gasteiger partial charge in [-0.1, -0.05) is 34.7 Å². The fourth-order valence-electron chi connectivity index (χ4n) is 1.91. The normalized spacial score (nSPS) is 13.6. The van der Waals surface area contributed by atoms with Crippen molar-refractivity contribution in [1.29, 1.82) is 0 Å². The molecule has 1 atom stereocenters. The molecule has 0 bridgehead atoms. The summed E-state index contributed by atoms with van der Waals surface area (Å²) >= 11 is 2.17. The number of benzene rings is 1. The van der Waals surface area contributed by atoms with Crippen LogP contribution < -0.4 is 4.72 Å². The Hall–Kier alpha value is -0.740. The van der Waals surface area contributed by atoms with Crippen molar-refractivity contribution in [2.75, 3.05) is 6.61 Å². The summed E-state index contributed by atoms with van der Waals surface area (Å²) < 4.78 is 46.5. The topological polar surface area (TPSA) is 72.5 Å². The Morgan fingerprint density at radius 1 is 1.35 bits per heavy atom. The molecule has 0 radical (unpaired) electrons. The molecule has 0 aliphatic carbocycles. The van der Waals surface area contributed by atoms with Gasteiger partial charge in [0.05, 0.1) is 11.5 Å². The molecule has 1 aromatic carbocycles. The monoisotopic (exact) mass is 457 g/mol. The highest BCUT2D eigenvalue weighted by Crippen LogP contribution is 2.20. The van der Waals surface area contributed by atoms with Gasteiger partial charge in [0, 0.05) is 10.8 Å². The Kier molecular flexibility index (Phi) is 7.40. The zero-order valence-electron chi connectivity index (χ0n) is 13.3. The average molecular weight is 457 g/mol. The number of nitrogens with one attached hydrogen (secondary N) is 1. The van der Waals surface area contributed by atoms with E-state index in [2.05, 4.69) is 27.3 Å². The van der Waals surface area contributed by atoms with Crippen LogP contribution in [0.4, 0.5) is 4.39 Å². The van der Waals surface area contributed by atoms with Gasteiger partial charge in [-0.2, -0.15) is 4.72 Å². The number of halogens is 2. The fraction of sp³-hybridized carbons (Fsp3) is 0.533. The van der Waals surface area contributed by atoms with Crippen LogP contribution in [0.3, 0.4) is 0 Å². The van der Waals surface area contributed by atoms with E-state index >= 15 is 0 Å². The molecule has 0 aliphatic rings. The van der Waals surface area contributed by atoms with Crippen LogP contribution in [-0.2, 0) is 24.0 Å². The Labute approximate surface area is 150 Å². The van der Waals surface area contributed by atoms with E-state index in [1.165, 1.54) is 26.0 Å². The van der Waals surface area contributed by atoms with Crippen LogP contribution in [0.25, 0.3) is 0 Å². The van der Waals surface area contributed by atoms with Gasteiger partial charge in [0.1, 0.15) is 11.7 Å². The van der Waals surface area contributed by atoms with Gasteiger partial charge in [-0.3, -0.25) is 4.79 Å². The lowest BCUT2D eigenvalue weighted by Gasteiger charge is -2.22. The SMILES string of the molecule is CCOC(=O)C(CC(C)(C)F)NS(=O)(=O)c1ccc(CI)cc1. The second kappa shape index (κ2) is 8.39. The van der Waals surface area contributed by atoms with Crippen molar-refractivity contribution in [2.24, 2.45) is 0 Å². The summed E-state index contributed by atoms with van der Waals surface area (Å²) in [4.78, 5) is 11.9. The zero-order chi connectivity index (χ0) is 17.7. The summed E-state index contributed by atoms with van der Waals surface area (Å²) in [6.07, 6.45) is -0.309. The van der Waals surface area contributed by atoms with Gasteiger partial charge in [-0.15, -0.1) is 0 Å². The van der Waals surface area contributed by atoms with E-state index in [0.29, 0.717) is 0 Å². The third-order valence-corrected chi connectivity index (χ3v) is 5.31. The highest BCUT2D eigenvalue weighted by atomic mass is 127. The van der Waals surface area contributed by atoms with Crippen LogP contribution in [0.2, 0.25) is 0 Å². The molecule has 0 aromatic heterocycles. The van der Waals surface area contributed by atoms with E-state index in [1.54, 1.807) is 19.1 Å². The fourth-order valence-corrected chi connectivity index (χ4v) is 3.61. The average Bonchev–Trinajstić information content (AvgIpc) is 2.45. The van der Waals surface area contributed by atoms with Crippen molar-refractivity contribution in [3.8, 4) is 0 Å². The first kappa shape index (κ1) is 20.3. The molecule has 23 heavy (non-hydrogen) atoms. The Bertz CT molecular complexity index is 626. The van der Waals surface area contributed by atoms with Crippen molar-refractivity contribution in [2.45, 2.75) is 48.2 Å². The molecule has 0 saturated carbocycles. The summed E-state index contributed by atoms with van der Waals surface area (Å²) in [5, 5.41) is 0. The molecule has 130 valence electrons. The number of sulfonamides is 1. The number of alkyl halides is 2. The molecule has 0 spiro atoms. The van der Waals surface area contributed by atoms with Crippen molar-refractivity contribution in [3.05, 3.63) is 29.8 Å². The Morgan fingerprint density at radius 3 is 2.35 bits per heavy atom. The first-order valence-electron chi connectivity index (χ1n) is 7.12. The van der Waals surface area contributed by atoms with Gasteiger partial charge in [-0.05, 0) is 38.5 Å². The third-order valence-electron chi connectivity index (χ3n) is 2.95. The quantitative estimate of drug-likeness (QED) is 0.370. The second-order valence-electron chi connectivity index (χ2n) is 5.63. The maximum atomic E-state index is 13.9. The number of rotatable bonds is 8. The maximum absolute atomic E-state index is 13.9. The largest absolute Gasteiger partial charge is 0.465 e. The summed E-state index contributed by atoms with van der Waals surface area (Å²) in [5.74, 6) is -0.786. The van der Waals surface area contributed by atoms with Crippen LogP contribution >= 0.6 is 22.6 Å². The maximum Gasteiger partial charge on any atom is 0.324 e. The Morgan fingerprint density at radius 2 is 1.91 bits per heavy atom. The molecule has 1 rings (SSSR count). The molecule has 0 heterocycles. The molecule has 0 aliphatic heterocycles. The van der Waals surface area contributed by atoms with Crippen molar-refractivity contribution < 1.29 is 22.3 Å². The van der Waals surface area contributed by atoms with E-state index in [9.17, 15) is 17.6 Å². The van der Waals surface area contributed by atoms with Gasteiger partial charge in [0.25, 0.3) is 0 Å². The molecule has 1 unspecified atom stereocenters. The lowest BCUT2D eigenvalue weighted by molar-refractivity contribution is -0.146. The number of carbonyl (C=O) groups excluding carboxylic acids is 1. The lowest BCUT2D eigenvalue weighted by Crippen LogP contribution is -2.45. The second-order valence-corrected chi connectivity index (χ2v) is 8.10. The van der Waals surface area contributed by atoms with Gasteiger partial charge in [-0.25, -0.2) is 12.8 Å². The predicted molar refractivity (Wildman–Crippen MR) is 94.7 cm³/mol. The number of hydrogen-bond donors (Lipinski definition) is 1. The van der Waals surface area contributed by atoms with Gasteiger partial charge < -0.3 is 4.74 Å². The van der Waals surface area contributed by atoms with E-state index in [-0.39, 0.29) is 17.9 Å². The van der Waals surface area contributed by atoms with Crippen LogP contribution in [0, 0.1) is 0 Å². The van der Waals surface area contributed by atoms with Gasteiger partial charge in [0.15, 0.2) is 0 Å². The number of carbonyl (C=O) groups is 1. The van der Waals surface area contributed by atoms with Crippen LogP contribution in [0.5, 0.6) is 0 Å². The van der Waals surface area contributed by atoms with Crippen LogP contribution in [-0.4, -0.2) is 32.7 Å². The predicted octanol–water partition coefficient (Wildman–Crippen LogP) is 2.97. The molecular weight excluding hydrogens is 436 g/mol. The van der Waals surface area contributed by atoms with E-state index in [4.69, 9.17) is 4.74 Å². The van der Waals surface area contributed by atoms with Crippen molar-refractivity contribution >= 4 is 38.6 Å². The molecule has 8 heteroatoms. The molecular formula is C15H21FINO4S. The molecule has 1 N–H and O–H groups in total. The summed E-state index contributed by atoms with van der Waals surface area (Å²) in [6, 6.07) is 5.03. The van der Waals surface area contributed by atoms with Crippen molar-refractivity contribution in [3.63, 3.8) is 0 Å². The van der Waals surface area contributed by atoms with E-state index < -0.39 is 27.7 Å². The van der Waals surface area contributed by atoms with Gasteiger partial charge in [0.2, 0.25) is 10.0 Å². The first-order chi connectivity index (χ1) is 10.6. The summed E-state index contributed by atoms with van der Waals surface area (Å²) in [7, 11) is -3.94. The smallest absolute Gasteiger partial charge is 0.324 e. The number of esters is 1. The number of ether oxygens (including phenoxy) is 1. The standard InChI is InChI=1S/C15H21FINO4S/c1-4-22-14(19)13(9-15(2,3)16)18-23(20,21)12-7-5-11(10-17)6-8-12/h5-8,13,18H,4,9-10H2,1-3H3. The molecule has 0 saturated heterocycles. The Balaban J connectivity index is 3.01. The van der Waals surface area contributed by atoms with Crippen LogP contribution in [0.15, 0.2) is 29.2 Å². The first-order valence-corrected chi connectivity index (χ1v) is 10.1. The highest BCUT2D eigenvalue weighted by molar-refractivity contribution is 14.1. The zero-order valence-corrected chi connectivity index (χ0v) is 16.3. The van der Waals surface area contributed by atoms with Crippen molar-refractivity contribution in [1.82, 2.24) is 4.72 Å². The minimum Gasteiger partial charge on any atom is -0.465 e. The van der Waals surface area contributed by atoms with Gasteiger partial charge >= 0.3 is 5.97 Å². The lowest BCUT2D eigenvalue weighted by atomic mass is 10.0. The molecule has 0 fully saturated rings.